The molecule has 0 radical (unpaired) electrons. The zero-order chi connectivity index (χ0) is 22.6. The molecule has 0 saturated heterocycles. The predicted molar refractivity (Wildman–Crippen MR) is 125 cm³/mol. The zero-order valence-corrected chi connectivity index (χ0v) is 19.6. The van der Waals surface area contributed by atoms with E-state index in [0.717, 1.165) is 4.31 Å². The third-order valence-electron chi connectivity index (χ3n) is 4.68. The number of hydrogen-bond donors (Lipinski definition) is 0. The van der Waals surface area contributed by atoms with E-state index in [-0.39, 0.29) is 11.4 Å². The van der Waals surface area contributed by atoms with Gasteiger partial charge < -0.3 is 4.90 Å². The van der Waals surface area contributed by atoms with Crippen LogP contribution in [0.3, 0.4) is 0 Å². The molecule has 0 heterocycles. The van der Waals surface area contributed by atoms with Crippen molar-refractivity contribution in [2.24, 2.45) is 0 Å². The maximum Gasteiger partial charge on any atom is 0.243 e. The van der Waals surface area contributed by atoms with Crippen LogP contribution in [-0.4, -0.2) is 32.2 Å². The van der Waals surface area contributed by atoms with E-state index < -0.39 is 22.5 Å². The molecule has 31 heavy (non-hydrogen) atoms. The highest BCUT2D eigenvalue weighted by Gasteiger charge is 2.29. The number of amides is 1. The standard InChI is InChI=1S/C22H19Cl3N2O3S/c1-26(17-6-3-2-4-7-17)22(28)15-27(14-19-20(24)8-5-9-21(19)25)31(29,30)18-12-10-16(23)11-13-18/h2-13H,14-15H2,1H3. The van der Waals surface area contributed by atoms with E-state index in [1.807, 2.05) is 6.07 Å². The van der Waals surface area contributed by atoms with Gasteiger partial charge in [-0.15, -0.1) is 0 Å². The molecule has 3 rings (SSSR count). The number of sulfonamides is 1. The molecule has 0 aliphatic heterocycles. The molecule has 5 nitrogen and oxygen atoms in total. The van der Waals surface area contributed by atoms with E-state index in [2.05, 4.69) is 0 Å². The van der Waals surface area contributed by atoms with Crippen LogP contribution in [0.5, 0.6) is 0 Å². The minimum atomic E-state index is -4.05. The Hall–Kier alpha value is -2.09. The zero-order valence-electron chi connectivity index (χ0n) is 16.5. The molecular formula is C22H19Cl3N2O3S. The Morgan fingerprint density at radius 3 is 2.00 bits per heavy atom. The molecule has 0 aliphatic carbocycles. The first kappa shape index (κ1) is 23.6. The van der Waals surface area contributed by atoms with E-state index in [4.69, 9.17) is 34.8 Å². The Labute approximate surface area is 196 Å². The van der Waals surface area contributed by atoms with Crippen molar-refractivity contribution in [1.82, 2.24) is 4.31 Å². The van der Waals surface area contributed by atoms with Crippen LogP contribution in [0.4, 0.5) is 5.69 Å². The molecule has 0 aliphatic rings. The molecule has 162 valence electrons. The minimum absolute atomic E-state index is 0.00948. The highest BCUT2D eigenvalue weighted by atomic mass is 35.5. The number of carbonyl (C=O) groups excluding carboxylic acids is 1. The summed E-state index contributed by atoms with van der Waals surface area (Å²) in [4.78, 5) is 14.4. The maximum atomic E-state index is 13.4. The Morgan fingerprint density at radius 2 is 1.42 bits per heavy atom. The summed E-state index contributed by atoms with van der Waals surface area (Å²) in [5.74, 6) is -0.410. The Morgan fingerprint density at radius 1 is 0.839 bits per heavy atom. The topological polar surface area (TPSA) is 57.7 Å². The molecule has 0 aromatic heterocycles. The highest BCUT2D eigenvalue weighted by molar-refractivity contribution is 7.89. The van der Waals surface area contributed by atoms with E-state index in [1.54, 1.807) is 49.5 Å². The number of nitrogens with zero attached hydrogens (tertiary/aromatic N) is 2. The number of halogens is 3. The molecule has 3 aromatic carbocycles. The van der Waals surface area contributed by atoms with Crippen LogP contribution in [0.2, 0.25) is 15.1 Å². The van der Waals surface area contributed by atoms with Crippen molar-refractivity contribution in [3.05, 3.63) is 93.4 Å². The van der Waals surface area contributed by atoms with Crippen molar-refractivity contribution in [2.75, 3.05) is 18.5 Å². The number of para-hydroxylation sites is 1. The van der Waals surface area contributed by atoms with Crippen molar-refractivity contribution < 1.29 is 13.2 Å². The summed E-state index contributed by atoms with van der Waals surface area (Å²) < 4.78 is 27.8. The fourth-order valence-corrected chi connectivity index (χ4v) is 4.89. The van der Waals surface area contributed by atoms with Crippen LogP contribution in [0.25, 0.3) is 0 Å². The molecule has 0 saturated carbocycles. The first-order valence-corrected chi connectivity index (χ1v) is 11.8. The lowest BCUT2D eigenvalue weighted by Gasteiger charge is -2.25. The van der Waals surface area contributed by atoms with Gasteiger partial charge in [-0.2, -0.15) is 4.31 Å². The third-order valence-corrected chi connectivity index (χ3v) is 7.44. The number of carbonyl (C=O) groups is 1. The molecule has 0 N–H and O–H groups in total. The summed E-state index contributed by atoms with van der Waals surface area (Å²) in [7, 11) is -2.46. The van der Waals surface area contributed by atoms with Crippen molar-refractivity contribution in [2.45, 2.75) is 11.4 Å². The SMILES string of the molecule is CN(C(=O)CN(Cc1c(Cl)cccc1Cl)S(=O)(=O)c1ccc(Cl)cc1)c1ccccc1. The Balaban J connectivity index is 1.97. The van der Waals surface area contributed by atoms with Gasteiger partial charge in [-0.25, -0.2) is 8.42 Å². The smallest absolute Gasteiger partial charge is 0.243 e. The van der Waals surface area contributed by atoms with Gasteiger partial charge in [0.05, 0.1) is 11.4 Å². The molecule has 3 aromatic rings. The molecule has 0 fully saturated rings. The predicted octanol–water partition coefficient (Wildman–Crippen LogP) is 5.50. The van der Waals surface area contributed by atoms with Crippen LogP contribution in [0, 0.1) is 0 Å². The molecule has 1 amide bonds. The monoisotopic (exact) mass is 496 g/mol. The maximum absolute atomic E-state index is 13.4. The van der Waals surface area contributed by atoms with Gasteiger partial charge in [0.1, 0.15) is 0 Å². The van der Waals surface area contributed by atoms with Gasteiger partial charge >= 0.3 is 0 Å². The van der Waals surface area contributed by atoms with Gasteiger partial charge in [0.15, 0.2) is 0 Å². The van der Waals surface area contributed by atoms with Crippen molar-refractivity contribution in [1.29, 1.82) is 0 Å². The second kappa shape index (κ2) is 10.0. The van der Waals surface area contributed by atoms with Crippen molar-refractivity contribution in [3.63, 3.8) is 0 Å². The summed E-state index contributed by atoms with van der Waals surface area (Å²) in [6.45, 7) is -0.574. The largest absolute Gasteiger partial charge is 0.314 e. The second-order valence-corrected chi connectivity index (χ2v) is 9.90. The summed E-state index contributed by atoms with van der Waals surface area (Å²) in [5, 5.41) is 1.03. The quantitative estimate of drug-likeness (QED) is 0.433. The molecule has 0 spiro atoms. The molecular weight excluding hydrogens is 479 g/mol. The van der Waals surface area contributed by atoms with Gasteiger partial charge in [0.2, 0.25) is 15.9 Å². The molecule has 0 bridgehead atoms. The minimum Gasteiger partial charge on any atom is -0.314 e. The Bertz CT molecular complexity index is 1150. The van der Waals surface area contributed by atoms with E-state index in [9.17, 15) is 13.2 Å². The molecule has 0 atom stereocenters. The van der Waals surface area contributed by atoms with E-state index in [1.165, 1.54) is 29.2 Å². The van der Waals surface area contributed by atoms with Crippen molar-refractivity contribution in [3.8, 4) is 0 Å². The normalized spacial score (nSPS) is 11.5. The van der Waals surface area contributed by atoms with Crippen LogP contribution in [0.15, 0.2) is 77.7 Å². The first-order valence-electron chi connectivity index (χ1n) is 9.20. The number of likely N-dealkylation sites (N-methyl/N-ethyl adjacent to an activating group) is 1. The summed E-state index contributed by atoms with van der Waals surface area (Å²) in [6.07, 6.45) is 0. The lowest BCUT2D eigenvalue weighted by Crippen LogP contribution is -2.41. The number of anilines is 1. The lowest BCUT2D eigenvalue weighted by molar-refractivity contribution is -0.118. The van der Waals surface area contributed by atoms with Gasteiger partial charge in [0.25, 0.3) is 0 Å². The van der Waals surface area contributed by atoms with E-state index in [0.29, 0.717) is 26.3 Å². The second-order valence-electron chi connectivity index (χ2n) is 6.72. The number of benzene rings is 3. The van der Waals surface area contributed by atoms with Crippen LogP contribution >= 0.6 is 34.8 Å². The fraction of sp³-hybridized carbons (Fsp3) is 0.136. The van der Waals surface area contributed by atoms with E-state index >= 15 is 0 Å². The average molecular weight is 498 g/mol. The van der Waals surface area contributed by atoms with Crippen LogP contribution in [-0.2, 0) is 21.4 Å². The highest BCUT2D eigenvalue weighted by Crippen LogP contribution is 2.28. The average Bonchev–Trinajstić information content (AvgIpc) is 2.75. The van der Waals surface area contributed by atoms with Gasteiger partial charge in [-0.05, 0) is 48.5 Å². The van der Waals surface area contributed by atoms with Crippen LogP contribution < -0.4 is 4.90 Å². The fourth-order valence-electron chi connectivity index (χ4n) is 2.89. The summed E-state index contributed by atoms with van der Waals surface area (Å²) in [5.41, 5.74) is 1.06. The van der Waals surface area contributed by atoms with Gasteiger partial charge in [-0.3, -0.25) is 4.79 Å². The number of rotatable bonds is 7. The summed E-state index contributed by atoms with van der Waals surface area (Å²) >= 11 is 18.4. The number of hydrogen-bond acceptors (Lipinski definition) is 3. The molecule has 9 heteroatoms. The first-order chi connectivity index (χ1) is 14.7. The third kappa shape index (κ3) is 5.59. The van der Waals surface area contributed by atoms with Gasteiger partial charge in [0, 0.05) is 39.9 Å². The van der Waals surface area contributed by atoms with Gasteiger partial charge in [-0.1, -0.05) is 59.1 Å². The molecule has 0 unspecified atom stereocenters. The van der Waals surface area contributed by atoms with Crippen LogP contribution in [0.1, 0.15) is 5.56 Å². The summed E-state index contributed by atoms with van der Waals surface area (Å²) in [6, 6.07) is 19.6. The van der Waals surface area contributed by atoms with Crippen molar-refractivity contribution >= 4 is 56.4 Å². The Kier molecular flexibility index (Phi) is 7.62. The lowest BCUT2D eigenvalue weighted by atomic mass is 10.2.